The van der Waals surface area contributed by atoms with Gasteiger partial charge in [0.15, 0.2) is 5.75 Å². The lowest BCUT2D eigenvalue weighted by atomic mass is 10.3. The summed E-state index contributed by atoms with van der Waals surface area (Å²) in [6, 6.07) is 2.65. The van der Waals surface area contributed by atoms with Crippen LogP contribution in [0.15, 0.2) is 22.8 Å². The van der Waals surface area contributed by atoms with Gasteiger partial charge < -0.3 is 9.52 Å². The van der Waals surface area contributed by atoms with Crippen LogP contribution in [0.25, 0.3) is 0 Å². The molecule has 7 heteroatoms. The van der Waals surface area contributed by atoms with E-state index in [1.54, 1.807) is 19.1 Å². The van der Waals surface area contributed by atoms with Gasteiger partial charge in [-0.25, -0.2) is 13.1 Å². The average molecular weight is 233 g/mol. The SMILES string of the molecule is CC(NS(=O)(=O)CC(=O)O)c1ccco1. The van der Waals surface area contributed by atoms with E-state index in [4.69, 9.17) is 9.52 Å². The van der Waals surface area contributed by atoms with E-state index < -0.39 is 27.8 Å². The van der Waals surface area contributed by atoms with Gasteiger partial charge in [-0.05, 0) is 19.1 Å². The standard InChI is InChI=1S/C8H11NO5S/c1-6(7-3-2-4-14-7)9-15(12,13)5-8(10)11/h2-4,6,9H,5H2,1H3,(H,10,11). The van der Waals surface area contributed by atoms with Crippen molar-refractivity contribution in [3.8, 4) is 0 Å². The molecule has 84 valence electrons. The van der Waals surface area contributed by atoms with Crippen molar-refractivity contribution in [2.75, 3.05) is 5.75 Å². The second kappa shape index (κ2) is 4.45. The third-order valence-electron chi connectivity index (χ3n) is 1.64. The van der Waals surface area contributed by atoms with Gasteiger partial charge in [0.05, 0.1) is 12.3 Å². The van der Waals surface area contributed by atoms with Crippen LogP contribution >= 0.6 is 0 Å². The fourth-order valence-corrected chi connectivity index (χ4v) is 2.13. The molecule has 0 saturated heterocycles. The van der Waals surface area contributed by atoms with Crippen molar-refractivity contribution < 1.29 is 22.7 Å². The highest BCUT2D eigenvalue weighted by Crippen LogP contribution is 2.13. The van der Waals surface area contributed by atoms with Crippen LogP contribution in [0.3, 0.4) is 0 Å². The molecule has 0 amide bonds. The highest BCUT2D eigenvalue weighted by Gasteiger charge is 2.20. The first-order valence-electron chi connectivity index (χ1n) is 4.16. The van der Waals surface area contributed by atoms with Crippen LogP contribution in [0.2, 0.25) is 0 Å². The van der Waals surface area contributed by atoms with Crippen LogP contribution in [0.1, 0.15) is 18.7 Å². The van der Waals surface area contributed by atoms with Gasteiger partial charge in [-0.1, -0.05) is 0 Å². The van der Waals surface area contributed by atoms with Crippen LogP contribution in [-0.2, 0) is 14.8 Å². The summed E-state index contributed by atoms with van der Waals surface area (Å²) in [6.07, 6.45) is 1.41. The summed E-state index contributed by atoms with van der Waals surface area (Å²) in [6.45, 7) is 1.57. The molecule has 1 unspecified atom stereocenters. The molecule has 0 aliphatic heterocycles. The molecule has 0 spiro atoms. The first kappa shape index (κ1) is 11.7. The van der Waals surface area contributed by atoms with Gasteiger partial charge >= 0.3 is 5.97 Å². The van der Waals surface area contributed by atoms with E-state index in [1.165, 1.54) is 6.26 Å². The highest BCUT2D eigenvalue weighted by molar-refractivity contribution is 7.90. The van der Waals surface area contributed by atoms with E-state index in [0.717, 1.165) is 0 Å². The number of rotatable bonds is 5. The van der Waals surface area contributed by atoms with Crippen LogP contribution in [0, 0.1) is 0 Å². The molecule has 1 aromatic heterocycles. The lowest BCUT2D eigenvalue weighted by molar-refractivity contribution is -0.134. The smallest absolute Gasteiger partial charge is 0.320 e. The first-order chi connectivity index (χ1) is 6.91. The maximum absolute atomic E-state index is 11.2. The molecule has 0 aromatic carbocycles. The van der Waals surface area contributed by atoms with Gasteiger partial charge in [-0.2, -0.15) is 0 Å². The molecule has 0 fully saturated rings. The lowest BCUT2D eigenvalue weighted by Gasteiger charge is -2.10. The number of nitrogens with one attached hydrogen (secondary N) is 1. The van der Waals surface area contributed by atoms with E-state index in [2.05, 4.69) is 4.72 Å². The highest BCUT2D eigenvalue weighted by atomic mass is 32.2. The second-order valence-corrected chi connectivity index (χ2v) is 4.76. The molecule has 0 saturated carbocycles. The van der Waals surface area contributed by atoms with Crippen molar-refractivity contribution in [3.05, 3.63) is 24.2 Å². The Bertz CT molecular complexity index is 422. The summed E-state index contributed by atoms with van der Waals surface area (Å²) < 4.78 is 29.6. The molecular formula is C8H11NO5S. The third-order valence-corrected chi connectivity index (χ3v) is 2.98. The summed E-state index contributed by atoms with van der Waals surface area (Å²) in [5.41, 5.74) is 0. The molecule has 0 aliphatic carbocycles. The number of sulfonamides is 1. The first-order valence-corrected chi connectivity index (χ1v) is 5.81. The summed E-state index contributed by atoms with van der Waals surface area (Å²) in [5.74, 6) is -1.91. The van der Waals surface area contributed by atoms with Gasteiger partial charge in [0.2, 0.25) is 10.0 Å². The molecule has 2 N–H and O–H groups in total. The van der Waals surface area contributed by atoms with Gasteiger partial charge in [0.1, 0.15) is 5.76 Å². The van der Waals surface area contributed by atoms with E-state index in [9.17, 15) is 13.2 Å². The van der Waals surface area contributed by atoms with E-state index in [0.29, 0.717) is 5.76 Å². The number of aliphatic carboxylic acids is 1. The van der Waals surface area contributed by atoms with Gasteiger partial charge in [-0.15, -0.1) is 0 Å². The zero-order valence-corrected chi connectivity index (χ0v) is 8.82. The van der Waals surface area contributed by atoms with Crippen molar-refractivity contribution >= 4 is 16.0 Å². The van der Waals surface area contributed by atoms with E-state index in [1.807, 2.05) is 0 Å². The quantitative estimate of drug-likeness (QED) is 0.764. The minimum absolute atomic E-state index is 0.434. The number of carboxylic acid groups (broad SMARTS) is 1. The number of carbonyl (C=O) groups is 1. The summed E-state index contributed by atoms with van der Waals surface area (Å²) >= 11 is 0. The minimum atomic E-state index is -3.82. The lowest BCUT2D eigenvalue weighted by Crippen LogP contribution is -2.31. The molecule has 15 heavy (non-hydrogen) atoms. The van der Waals surface area contributed by atoms with Crippen molar-refractivity contribution in [1.82, 2.24) is 4.72 Å². The molecule has 1 atom stereocenters. The number of hydrogen-bond donors (Lipinski definition) is 2. The Labute approximate surface area is 87.0 Å². The monoisotopic (exact) mass is 233 g/mol. The average Bonchev–Trinajstić information content (AvgIpc) is 2.50. The largest absolute Gasteiger partial charge is 0.480 e. The normalized spacial score (nSPS) is 13.7. The Morgan fingerprint density at radius 3 is 2.80 bits per heavy atom. The Kier molecular flexibility index (Phi) is 3.48. The summed E-state index contributed by atoms with van der Waals surface area (Å²) in [7, 11) is -3.82. The number of furan rings is 1. The van der Waals surface area contributed by atoms with Crippen LogP contribution in [0.5, 0.6) is 0 Å². The molecular weight excluding hydrogens is 222 g/mol. The van der Waals surface area contributed by atoms with Crippen molar-refractivity contribution in [1.29, 1.82) is 0 Å². The Morgan fingerprint density at radius 2 is 2.33 bits per heavy atom. The third kappa shape index (κ3) is 3.72. The maximum Gasteiger partial charge on any atom is 0.320 e. The van der Waals surface area contributed by atoms with E-state index in [-0.39, 0.29) is 0 Å². The van der Waals surface area contributed by atoms with Crippen molar-refractivity contribution in [2.45, 2.75) is 13.0 Å². The summed E-state index contributed by atoms with van der Waals surface area (Å²) in [5, 5.41) is 8.35. The molecule has 1 aromatic rings. The zero-order valence-electron chi connectivity index (χ0n) is 8.00. The predicted octanol–water partition coefficient (Wildman–Crippen LogP) is 0.345. The Balaban J connectivity index is 2.66. The molecule has 6 nitrogen and oxygen atoms in total. The Morgan fingerprint density at radius 1 is 1.67 bits per heavy atom. The summed E-state index contributed by atoms with van der Waals surface area (Å²) in [4.78, 5) is 10.2. The fourth-order valence-electron chi connectivity index (χ4n) is 1.07. The van der Waals surface area contributed by atoms with Crippen LogP contribution in [0.4, 0.5) is 0 Å². The molecule has 0 radical (unpaired) electrons. The molecule has 0 aliphatic rings. The minimum Gasteiger partial charge on any atom is -0.480 e. The molecule has 1 heterocycles. The fraction of sp³-hybridized carbons (Fsp3) is 0.375. The van der Waals surface area contributed by atoms with Crippen molar-refractivity contribution in [2.24, 2.45) is 0 Å². The second-order valence-electron chi connectivity index (χ2n) is 3.01. The van der Waals surface area contributed by atoms with Crippen molar-refractivity contribution in [3.63, 3.8) is 0 Å². The van der Waals surface area contributed by atoms with Gasteiger partial charge in [0.25, 0.3) is 0 Å². The molecule has 0 bridgehead atoms. The molecule has 1 rings (SSSR count). The Hall–Kier alpha value is -1.34. The van der Waals surface area contributed by atoms with Gasteiger partial charge in [-0.3, -0.25) is 4.79 Å². The zero-order chi connectivity index (χ0) is 11.5. The number of carboxylic acids is 1. The van der Waals surface area contributed by atoms with Gasteiger partial charge in [0, 0.05) is 0 Å². The maximum atomic E-state index is 11.2. The number of hydrogen-bond acceptors (Lipinski definition) is 4. The topological polar surface area (TPSA) is 96.6 Å². The van der Waals surface area contributed by atoms with Crippen LogP contribution < -0.4 is 4.72 Å². The van der Waals surface area contributed by atoms with Crippen LogP contribution in [-0.4, -0.2) is 25.2 Å². The van der Waals surface area contributed by atoms with E-state index >= 15 is 0 Å². The predicted molar refractivity (Wildman–Crippen MR) is 51.7 cm³/mol.